The Morgan fingerprint density at radius 1 is 1.31 bits per heavy atom. The second-order valence-corrected chi connectivity index (χ2v) is 4.56. The third-order valence-corrected chi connectivity index (χ3v) is 2.20. The van der Waals surface area contributed by atoms with Crippen LogP contribution in [0.25, 0.3) is 0 Å². The molecule has 0 aliphatic heterocycles. The molecular formula is C12H21N3O. The molecule has 0 radical (unpaired) electrons. The number of nitrogens with one attached hydrogen (secondary N) is 2. The van der Waals surface area contributed by atoms with Gasteiger partial charge in [0, 0.05) is 6.54 Å². The van der Waals surface area contributed by atoms with Gasteiger partial charge in [-0.1, -0.05) is 6.92 Å². The normalized spacial score (nSPS) is 11.2. The molecule has 0 amide bonds. The quantitative estimate of drug-likeness (QED) is 0.691. The zero-order valence-corrected chi connectivity index (χ0v) is 10.2. The lowest BCUT2D eigenvalue weighted by molar-refractivity contribution is 0.234. The van der Waals surface area contributed by atoms with E-state index in [9.17, 15) is 0 Å². The monoisotopic (exact) mass is 223 g/mol. The van der Waals surface area contributed by atoms with Crippen molar-refractivity contribution in [3.8, 4) is 0 Å². The Balaban J connectivity index is 2.67. The fourth-order valence-electron chi connectivity index (χ4n) is 1.30. The molecule has 16 heavy (non-hydrogen) atoms. The average Bonchev–Trinajstić information content (AvgIpc) is 2.26. The highest BCUT2D eigenvalue weighted by Crippen LogP contribution is 2.17. The van der Waals surface area contributed by atoms with Gasteiger partial charge in [-0.25, -0.2) is 0 Å². The minimum Gasteiger partial charge on any atom is -0.394 e. The second-order valence-electron chi connectivity index (χ2n) is 4.56. The summed E-state index contributed by atoms with van der Waals surface area (Å²) >= 11 is 0. The standard InChI is InChI=1S/C12H21N3O/c1-4-5-14-10-6-11(8-13-7-10)15-12(2,3)9-16/h6-8,14-16H,4-5,9H2,1-3H3. The average molecular weight is 223 g/mol. The van der Waals surface area contributed by atoms with Crippen LogP contribution in [0, 0.1) is 0 Å². The van der Waals surface area contributed by atoms with Crippen LogP contribution in [0.15, 0.2) is 18.5 Å². The summed E-state index contributed by atoms with van der Waals surface area (Å²) in [5.74, 6) is 0. The molecule has 4 nitrogen and oxygen atoms in total. The third-order valence-electron chi connectivity index (χ3n) is 2.20. The van der Waals surface area contributed by atoms with Crippen LogP contribution in [0.1, 0.15) is 27.2 Å². The maximum atomic E-state index is 9.17. The van der Waals surface area contributed by atoms with Crippen LogP contribution in [0.2, 0.25) is 0 Å². The van der Waals surface area contributed by atoms with Gasteiger partial charge in [0.05, 0.1) is 35.9 Å². The minimum atomic E-state index is -0.328. The van der Waals surface area contributed by atoms with Crippen LogP contribution in [-0.2, 0) is 0 Å². The van der Waals surface area contributed by atoms with Crippen LogP contribution >= 0.6 is 0 Å². The summed E-state index contributed by atoms with van der Waals surface area (Å²) in [4.78, 5) is 4.15. The molecule has 0 saturated carbocycles. The number of aliphatic hydroxyl groups is 1. The smallest absolute Gasteiger partial charge is 0.0656 e. The predicted octanol–water partition coefficient (Wildman–Crippen LogP) is 2.09. The van der Waals surface area contributed by atoms with Crippen LogP contribution in [0.3, 0.4) is 0 Å². The van der Waals surface area contributed by atoms with Crippen LogP contribution < -0.4 is 10.6 Å². The lowest BCUT2D eigenvalue weighted by Gasteiger charge is -2.24. The van der Waals surface area contributed by atoms with Gasteiger partial charge in [-0.3, -0.25) is 4.98 Å². The number of aliphatic hydroxyl groups excluding tert-OH is 1. The number of nitrogens with zero attached hydrogens (tertiary/aromatic N) is 1. The fourth-order valence-corrected chi connectivity index (χ4v) is 1.30. The molecule has 0 aromatic carbocycles. The van der Waals surface area contributed by atoms with E-state index in [1.807, 2.05) is 19.9 Å². The van der Waals surface area contributed by atoms with Crippen molar-refractivity contribution in [2.24, 2.45) is 0 Å². The van der Waals surface area contributed by atoms with Crippen molar-refractivity contribution >= 4 is 11.4 Å². The molecule has 1 aromatic heterocycles. The molecule has 0 fully saturated rings. The van der Waals surface area contributed by atoms with Gasteiger partial charge in [0.15, 0.2) is 0 Å². The molecule has 0 aliphatic carbocycles. The summed E-state index contributed by atoms with van der Waals surface area (Å²) in [7, 11) is 0. The number of aromatic nitrogens is 1. The van der Waals surface area contributed by atoms with Gasteiger partial charge < -0.3 is 15.7 Å². The van der Waals surface area contributed by atoms with Gasteiger partial charge >= 0.3 is 0 Å². The SMILES string of the molecule is CCCNc1cncc(NC(C)(C)CO)c1. The van der Waals surface area contributed by atoms with E-state index in [1.165, 1.54) is 0 Å². The van der Waals surface area contributed by atoms with E-state index in [2.05, 4.69) is 22.5 Å². The van der Waals surface area contributed by atoms with Gasteiger partial charge in [0.2, 0.25) is 0 Å². The number of hydrogen-bond donors (Lipinski definition) is 3. The molecule has 0 spiro atoms. The highest BCUT2D eigenvalue weighted by Gasteiger charge is 2.15. The summed E-state index contributed by atoms with van der Waals surface area (Å²) in [6.45, 7) is 7.03. The molecular weight excluding hydrogens is 202 g/mol. The maximum Gasteiger partial charge on any atom is 0.0656 e. The number of pyridine rings is 1. The summed E-state index contributed by atoms with van der Waals surface area (Å²) in [6.07, 6.45) is 4.64. The molecule has 1 heterocycles. The van der Waals surface area contributed by atoms with Gasteiger partial charge in [-0.15, -0.1) is 0 Å². The van der Waals surface area contributed by atoms with Crippen molar-refractivity contribution in [3.63, 3.8) is 0 Å². The van der Waals surface area contributed by atoms with E-state index in [1.54, 1.807) is 12.4 Å². The van der Waals surface area contributed by atoms with Crippen molar-refractivity contribution in [2.75, 3.05) is 23.8 Å². The first-order chi connectivity index (χ1) is 7.57. The summed E-state index contributed by atoms with van der Waals surface area (Å²) in [5.41, 5.74) is 1.59. The van der Waals surface area contributed by atoms with Gasteiger partial charge in [0.1, 0.15) is 0 Å². The summed E-state index contributed by atoms with van der Waals surface area (Å²) in [6, 6.07) is 2.00. The zero-order valence-electron chi connectivity index (χ0n) is 10.2. The maximum absolute atomic E-state index is 9.17. The Morgan fingerprint density at radius 3 is 2.62 bits per heavy atom. The molecule has 1 rings (SSSR count). The first-order valence-corrected chi connectivity index (χ1v) is 5.65. The number of hydrogen-bond acceptors (Lipinski definition) is 4. The van der Waals surface area contributed by atoms with E-state index in [0.29, 0.717) is 0 Å². The van der Waals surface area contributed by atoms with Crippen molar-refractivity contribution < 1.29 is 5.11 Å². The topological polar surface area (TPSA) is 57.2 Å². The van der Waals surface area contributed by atoms with Gasteiger partial charge in [0.25, 0.3) is 0 Å². The number of anilines is 2. The summed E-state index contributed by atoms with van der Waals surface area (Å²) < 4.78 is 0. The Labute approximate surface area is 97.1 Å². The van der Waals surface area contributed by atoms with E-state index in [-0.39, 0.29) is 12.1 Å². The highest BCUT2D eigenvalue weighted by molar-refractivity contribution is 5.54. The zero-order chi connectivity index (χ0) is 12.0. The molecule has 0 aliphatic rings. The molecule has 1 aromatic rings. The molecule has 4 heteroatoms. The van der Waals surface area contributed by atoms with Crippen molar-refractivity contribution in [2.45, 2.75) is 32.7 Å². The fraction of sp³-hybridized carbons (Fsp3) is 0.583. The molecule has 0 saturated heterocycles. The first kappa shape index (κ1) is 12.8. The molecule has 0 atom stereocenters. The predicted molar refractivity (Wildman–Crippen MR) is 67.8 cm³/mol. The Bertz CT molecular complexity index is 326. The van der Waals surface area contributed by atoms with Crippen LogP contribution in [-0.4, -0.2) is 28.8 Å². The highest BCUT2D eigenvalue weighted by atomic mass is 16.3. The van der Waals surface area contributed by atoms with Crippen molar-refractivity contribution in [1.82, 2.24) is 4.98 Å². The lowest BCUT2D eigenvalue weighted by atomic mass is 10.1. The van der Waals surface area contributed by atoms with Crippen LogP contribution in [0.4, 0.5) is 11.4 Å². The molecule has 0 unspecified atom stereocenters. The largest absolute Gasteiger partial charge is 0.394 e. The third kappa shape index (κ3) is 4.06. The Kier molecular flexibility index (Phi) is 4.55. The summed E-state index contributed by atoms with van der Waals surface area (Å²) in [5, 5.41) is 15.7. The van der Waals surface area contributed by atoms with Crippen LogP contribution in [0.5, 0.6) is 0 Å². The van der Waals surface area contributed by atoms with E-state index in [4.69, 9.17) is 5.11 Å². The minimum absolute atomic E-state index is 0.0830. The Hall–Kier alpha value is -1.29. The number of rotatable bonds is 6. The van der Waals surface area contributed by atoms with Crippen molar-refractivity contribution in [3.05, 3.63) is 18.5 Å². The molecule has 0 bridgehead atoms. The van der Waals surface area contributed by atoms with Gasteiger partial charge in [-0.05, 0) is 26.3 Å². The van der Waals surface area contributed by atoms with Crippen molar-refractivity contribution in [1.29, 1.82) is 0 Å². The lowest BCUT2D eigenvalue weighted by Crippen LogP contribution is -2.34. The molecule has 90 valence electrons. The Morgan fingerprint density at radius 2 is 2.00 bits per heavy atom. The first-order valence-electron chi connectivity index (χ1n) is 5.65. The molecule has 3 N–H and O–H groups in total. The van der Waals surface area contributed by atoms with E-state index >= 15 is 0 Å². The van der Waals surface area contributed by atoms with E-state index < -0.39 is 0 Å². The van der Waals surface area contributed by atoms with E-state index in [0.717, 1.165) is 24.3 Å². The van der Waals surface area contributed by atoms with Gasteiger partial charge in [-0.2, -0.15) is 0 Å². The second kappa shape index (κ2) is 5.70.